The summed E-state index contributed by atoms with van der Waals surface area (Å²) < 4.78 is 2.71. The topological polar surface area (TPSA) is 59.8 Å². The Morgan fingerprint density at radius 3 is 2.84 bits per heavy atom. The summed E-state index contributed by atoms with van der Waals surface area (Å²) in [5.41, 5.74) is 2.83. The Balaban J connectivity index is 2.11. The quantitative estimate of drug-likeness (QED) is 0.662. The van der Waals surface area contributed by atoms with E-state index in [2.05, 4.69) is 24.1 Å². The molecule has 5 nitrogen and oxygen atoms in total. The Hall–Kier alpha value is -2.18. The van der Waals surface area contributed by atoms with E-state index in [9.17, 15) is 4.79 Å². The normalized spacial score (nSPS) is 12.2. The van der Waals surface area contributed by atoms with Crippen molar-refractivity contribution < 1.29 is 4.79 Å². The monoisotopic (exact) mass is 374 g/mol. The molecular weight excluding hydrogens is 356 g/mol. The van der Waals surface area contributed by atoms with E-state index in [0.717, 1.165) is 32.5 Å². The number of pyridine rings is 1. The van der Waals surface area contributed by atoms with Crippen LogP contribution < -0.4 is 5.32 Å². The first kappa shape index (κ1) is 17.6. The predicted molar refractivity (Wildman–Crippen MR) is 103 cm³/mol. The third-order valence-electron chi connectivity index (χ3n) is 3.96. The maximum absolute atomic E-state index is 11.3. The van der Waals surface area contributed by atoms with E-state index >= 15 is 0 Å². The van der Waals surface area contributed by atoms with E-state index in [1.54, 1.807) is 6.20 Å². The molecule has 3 rings (SSSR count). The zero-order valence-corrected chi connectivity index (χ0v) is 15.9. The Labute approximate surface area is 155 Å². The largest absolute Gasteiger partial charge is 0.311 e. The number of hydrogen-bond acceptors (Lipinski definition) is 4. The maximum Gasteiger partial charge on any atom is 0.222 e. The number of anilines is 1. The van der Waals surface area contributed by atoms with Crippen LogP contribution in [-0.4, -0.2) is 20.7 Å². The van der Waals surface area contributed by atoms with Crippen molar-refractivity contribution in [3.63, 3.8) is 0 Å². The van der Waals surface area contributed by atoms with Crippen LogP contribution in [0.25, 0.3) is 21.7 Å². The van der Waals surface area contributed by atoms with Gasteiger partial charge in [0.2, 0.25) is 5.91 Å². The van der Waals surface area contributed by atoms with Gasteiger partial charge in [0.05, 0.1) is 9.21 Å². The molecule has 7 heteroatoms. The molecule has 130 valence electrons. The first-order valence-corrected chi connectivity index (χ1v) is 9.26. The summed E-state index contributed by atoms with van der Waals surface area (Å²) >= 11 is 7.62. The van der Waals surface area contributed by atoms with Gasteiger partial charge in [0, 0.05) is 30.9 Å². The Kier molecular flexibility index (Phi) is 5.20. The molecule has 1 atom stereocenters. The molecule has 1 amide bonds. The van der Waals surface area contributed by atoms with Crippen molar-refractivity contribution in [1.29, 1.82) is 0 Å². The number of amides is 1. The maximum atomic E-state index is 11.3. The number of rotatable bonds is 5. The molecule has 25 heavy (non-hydrogen) atoms. The highest BCUT2D eigenvalue weighted by Crippen LogP contribution is 2.37. The van der Waals surface area contributed by atoms with Crippen LogP contribution >= 0.6 is 22.9 Å². The highest BCUT2D eigenvalue weighted by Gasteiger charge is 2.17. The fraction of sp³-hybridized carbons (Fsp3) is 0.278. The van der Waals surface area contributed by atoms with Crippen molar-refractivity contribution in [2.75, 3.05) is 5.32 Å². The van der Waals surface area contributed by atoms with Gasteiger partial charge in [-0.05, 0) is 43.2 Å². The van der Waals surface area contributed by atoms with E-state index < -0.39 is 0 Å². The van der Waals surface area contributed by atoms with Crippen LogP contribution in [0.2, 0.25) is 4.34 Å². The third kappa shape index (κ3) is 3.91. The molecule has 0 bridgehead atoms. The molecule has 1 N–H and O–H groups in total. The molecule has 3 aromatic heterocycles. The van der Waals surface area contributed by atoms with Gasteiger partial charge in [-0.2, -0.15) is 5.10 Å². The van der Waals surface area contributed by atoms with Gasteiger partial charge >= 0.3 is 0 Å². The molecule has 0 saturated heterocycles. The number of halogens is 1. The molecule has 1 unspecified atom stereocenters. The fourth-order valence-corrected chi connectivity index (χ4v) is 3.53. The zero-order valence-electron chi connectivity index (χ0n) is 14.3. The lowest BCUT2D eigenvalue weighted by atomic mass is 10.1. The summed E-state index contributed by atoms with van der Waals surface area (Å²) in [5.74, 6) is 0.377. The Bertz CT molecular complexity index is 902. The van der Waals surface area contributed by atoms with Gasteiger partial charge in [0.1, 0.15) is 11.5 Å². The first-order chi connectivity index (χ1) is 12.0. The lowest BCUT2D eigenvalue weighted by Crippen LogP contribution is -2.07. The van der Waals surface area contributed by atoms with Gasteiger partial charge in [-0.1, -0.05) is 18.5 Å². The Morgan fingerprint density at radius 2 is 2.20 bits per heavy atom. The minimum atomic E-state index is -0.148. The predicted octanol–water partition coefficient (Wildman–Crippen LogP) is 5.26. The van der Waals surface area contributed by atoms with Crippen molar-refractivity contribution in [2.45, 2.75) is 33.2 Å². The van der Waals surface area contributed by atoms with Crippen LogP contribution in [0.1, 0.15) is 33.2 Å². The number of hydrogen-bond donors (Lipinski definition) is 1. The summed E-state index contributed by atoms with van der Waals surface area (Å²) in [6, 6.07) is 7.93. The van der Waals surface area contributed by atoms with Crippen molar-refractivity contribution in [3.05, 3.63) is 41.0 Å². The second-order valence-electron chi connectivity index (χ2n) is 5.84. The lowest BCUT2D eigenvalue weighted by molar-refractivity contribution is -0.114. The van der Waals surface area contributed by atoms with Crippen LogP contribution in [-0.2, 0) is 4.79 Å². The standard InChI is InChI=1S/C18H19ClN4OS/c1-4-11(2)23-10-14(18(22-23)15-5-6-16(19)25-15)13-7-8-20-17(9-13)21-12(3)24/h5-11H,4H2,1-3H3,(H,20,21,24). The second kappa shape index (κ2) is 7.37. The molecule has 0 fully saturated rings. The van der Waals surface area contributed by atoms with E-state index in [1.165, 1.54) is 18.3 Å². The number of thiophene rings is 1. The molecule has 3 aromatic rings. The van der Waals surface area contributed by atoms with Crippen molar-refractivity contribution in [3.8, 4) is 21.7 Å². The van der Waals surface area contributed by atoms with Crippen LogP contribution in [0.5, 0.6) is 0 Å². The summed E-state index contributed by atoms with van der Waals surface area (Å²) in [5, 5.41) is 7.52. The van der Waals surface area contributed by atoms with Gasteiger partial charge < -0.3 is 5.32 Å². The summed E-state index contributed by atoms with van der Waals surface area (Å²) in [7, 11) is 0. The zero-order chi connectivity index (χ0) is 18.0. The van der Waals surface area contributed by atoms with Crippen molar-refractivity contribution in [1.82, 2.24) is 14.8 Å². The Morgan fingerprint density at radius 1 is 1.40 bits per heavy atom. The van der Waals surface area contributed by atoms with Crippen molar-refractivity contribution >= 4 is 34.7 Å². The van der Waals surface area contributed by atoms with Crippen LogP contribution in [0.15, 0.2) is 36.7 Å². The second-order valence-corrected chi connectivity index (χ2v) is 7.56. The highest BCUT2D eigenvalue weighted by molar-refractivity contribution is 7.19. The van der Waals surface area contributed by atoms with E-state index in [1.807, 2.05) is 35.1 Å². The smallest absolute Gasteiger partial charge is 0.222 e. The van der Waals surface area contributed by atoms with Crippen LogP contribution in [0.3, 0.4) is 0 Å². The molecule has 0 saturated carbocycles. The first-order valence-electron chi connectivity index (χ1n) is 8.06. The molecule has 0 spiro atoms. The summed E-state index contributed by atoms with van der Waals surface area (Å²) in [6.45, 7) is 5.74. The lowest BCUT2D eigenvalue weighted by Gasteiger charge is -2.07. The molecule has 0 aliphatic carbocycles. The van der Waals surface area contributed by atoms with E-state index in [4.69, 9.17) is 16.7 Å². The highest BCUT2D eigenvalue weighted by atomic mass is 35.5. The molecule has 0 aromatic carbocycles. The summed E-state index contributed by atoms with van der Waals surface area (Å²) in [4.78, 5) is 16.5. The average molecular weight is 375 g/mol. The van der Waals surface area contributed by atoms with Gasteiger partial charge in [-0.3, -0.25) is 9.48 Å². The molecular formula is C18H19ClN4OS. The summed E-state index contributed by atoms with van der Waals surface area (Å²) in [6.07, 6.45) is 4.72. The molecule has 0 radical (unpaired) electrons. The number of nitrogens with zero attached hydrogens (tertiary/aromatic N) is 3. The molecule has 3 heterocycles. The van der Waals surface area contributed by atoms with E-state index in [0.29, 0.717) is 11.9 Å². The van der Waals surface area contributed by atoms with Gasteiger partial charge in [0.15, 0.2) is 0 Å². The fourth-order valence-electron chi connectivity index (χ4n) is 2.49. The van der Waals surface area contributed by atoms with Crippen molar-refractivity contribution in [2.24, 2.45) is 0 Å². The van der Waals surface area contributed by atoms with Gasteiger partial charge in [-0.15, -0.1) is 11.3 Å². The molecule has 0 aliphatic heterocycles. The minimum absolute atomic E-state index is 0.148. The number of carbonyl (C=O) groups excluding carboxylic acids is 1. The average Bonchev–Trinajstić information content (AvgIpc) is 3.20. The minimum Gasteiger partial charge on any atom is -0.311 e. The molecule has 0 aliphatic rings. The van der Waals surface area contributed by atoms with E-state index in [-0.39, 0.29) is 5.91 Å². The number of carbonyl (C=O) groups is 1. The number of nitrogens with one attached hydrogen (secondary N) is 1. The SMILES string of the molecule is CCC(C)n1cc(-c2ccnc(NC(C)=O)c2)c(-c2ccc(Cl)s2)n1. The van der Waals surface area contributed by atoms with Crippen LogP contribution in [0, 0.1) is 0 Å². The number of aromatic nitrogens is 3. The van der Waals surface area contributed by atoms with Gasteiger partial charge in [-0.25, -0.2) is 4.98 Å². The third-order valence-corrected chi connectivity index (χ3v) is 5.19. The van der Waals surface area contributed by atoms with Gasteiger partial charge in [0.25, 0.3) is 0 Å². The van der Waals surface area contributed by atoms with Crippen LogP contribution in [0.4, 0.5) is 5.82 Å².